The molecule has 3 heterocycles. The molecule has 16 heteroatoms. The Bertz CT molecular complexity index is 2000. The number of esters is 1. The first-order chi connectivity index (χ1) is 22.9. The number of nitrogens with one attached hydrogen (secondary N) is 2. The van der Waals surface area contributed by atoms with Gasteiger partial charge in [-0.25, -0.2) is 31.6 Å². The molecule has 0 aliphatic carbocycles. The Morgan fingerprint density at radius 3 is 2.62 bits per heavy atom. The Kier molecular flexibility index (Phi) is 9.65. The number of carbonyl (C=O) groups is 1. The smallest absolute Gasteiger partial charge is 0.303 e. The highest BCUT2D eigenvalue weighted by Gasteiger charge is 2.34. The van der Waals surface area contributed by atoms with E-state index in [4.69, 9.17) is 25.8 Å². The third-order valence-electron chi connectivity index (χ3n) is 8.17. The summed E-state index contributed by atoms with van der Waals surface area (Å²) < 4.78 is 91.4. The molecule has 2 aliphatic rings. The molecule has 0 spiro atoms. The lowest BCUT2D eigenvalue weighted by atomic mass is 10.0. The fourth-order valence-electron chi connectivity index (χ4n) is 5.84. The first kappa shape index (κ1) is 33.7. The van der Waals surface area contributed by atoms with E-state index in [0.29, 0.717) is 6.61 Å². The molecule has 6 rings (SSSR count). The van der Waals surface area contributed by atoms with E-state index in [1.807, 2.05) is 0 Å². The maximum absolute atomic E-state index is 15.9. The van der Waals surface area contributed by atoms with Gasteiger partial charge < -0.3 is 24.4 Å². The van der Waals surface area contributed by atoms with Crippen LogP contribution in [0.1, 0.15) is 31.4 Å². The minimum atomic E-state index is -4.59. The van der Waals surface area contributed by atoms with Crippen LogP contribution in [0.15, 0.2) is 47.5 Å². The van der Waals surface area contributed by atoms with Crippen LogP contribution in [0.4, 0.5) is 24.8 Å². The lowest BCUT2D eigenvalue weighted by Crippen LogP contribution is -2.40. The van der Waals surface area contributed by atoms with E-state index in [9.17, 15) is 13.2 Å². The Balaban J connectivity index is 1.25. The molecule has 1 aromatic heterocycles. The van der Waals surface area contributed by atoms with Crippen molar-refractivity contribution in [2.75, 3.05) is 50.0 Å². The predicted molar refractivity (Wildman–Crippen MR) is 172 cm³/mol. The normalized spacial score (nSPS) is 16.8. The SMILES string of the molecule is COCCN1CCC(Nc2ncc3cc(-c4c(F)ccc(NS(=O)(=O)c5cc(Cl)cc6c5OC[C@H]6OC(C)=O)c4F)cc(F)c3n2)CC1. The van der Waals surface area contributed by atoms with Crippen molar-refractivity contribution in [2.24, 2.45) is 0 Å². The lowest BCUT2D eigenvalue weighted by molar-refractivity contribution is -0.147. The quantitative estimate of drug-likeness (QED) is 0.199. The van der Waals surface area contributed by atoms with Crippen LogP contribution in [0.2, 0.25) is 5.02 Å². The summed E-state index contributed by atoms with van der Waals surface area (Å²) in [6, 6.07) is 6.60. The fraction of sp³-hybridized carbons (Fsp3) is 0.344. The van der Waals surface area contributed by atoms with Gasteiger partial charge in [0.1, 0.15) is 34.4 Å². The first-order valence-corrected chi connectivity index (χ1v) is 16.9. The number of sulfonamides is 1. The molecule has 2 aliphatic heterocycles. The maximum Gasteiger partial charge on any atom is 0.303 e. The zero-order chi connectivity index (χ0) is 34.2. The van der Waals surface area contributed by atoms with Crippen LogP contribution >= 0.6 is 11.6 Å². The monoisotopic (exact) mass is 705 g/mol. The predicted octanol–water partition coefficient (Wildman–Crippen LogP) is 5.69. The van der Waals surface area contributed by atoms with E-state index in [1.165, 1.54) is 25.3 Å². The number of nitrogens with zero attached hydrogens (tertiary/aromatic N) is 3. The van der Waals surface area contributed by atoms with Crippen molar-refractivity contribution in [1.29, 1.82) is 0 Å². The molecule has 0 bridgehead atoms. The largest absolute Gasteiger partial charge is 0.487 e. The van der Waals surface area contributed by atoms with Gasteiger partial charge in [0.05, 0.1) is 17.9 Å². The summed E-state index contributed by atoms with van der Waals surface area (Å²) in [6.45, 7) is 4.26. The Labute approximate surface area is 279 Å². The van der Waals surface area contributed by atoms with Gasteiger partial charge in [-0.1, -0.05) is 11.6 Å². The number of anilines is 2. The van der Waals surface area contributed by atoms with Crippen molar-refractivity contribution >= 4 is 50.1 Å². The van der Waals surface area contributed by atoms with E-state index in [1.54, 1.807) is 7.11 Å². The topological polar surface area (TPSA) is 132 Å². The van der Waals surface area contributed by atoms with Gasteiger partial charge >= 0.3 is 5.97 Å². The Morgan fingerprint density at radius 2 is 1.90 bits per heavy atom. The molecule has 11 nitrogen and oxygen atoms in total. The second-order valence-corrected chi connectivity index (χ2v) is 13.6. The van der Waals surface area contributed by atoms with E-state index in [0.717, 1.165) is 56.7 Å². The van der Waals surface area contributed by atoms with E-state index in [-0.39, 0.29) is 51.4 Å². The minimum Gasteiger partial charge on any atom is -0.487 e. The van der Waals surface area contributed by atoms with Gasteiger partial charge in [-0.05, 0) is 54.8 Å². The average molecular weight is 706 g/mol. The average Bonchev–Trinajstić information content (AvgIpc) is 3.43. The zero-order valence-electron chi connectivity index (χ0n) is 25.9. The number of benzene rings is 3. The summed E-state index contributed by atoms with van der Waals surface area (Å²) in [6.07, 6.45) is 2.14. The van der Waals surface area contributed by atoms with Gasteiger partial charge in [-0.15, -0.1) is 0 Å². The van der Waals surface area contributed by atoms with Crippen LogP contribution in [0.25, 0.3) is 22.0 Å². The van der Waals surface area contributed by atoms with Gasteiger partial charge in [-0.3, -0.25) is 9.52 Å². The van der Waals surface area contributed by atoms with E-state index in [2.05, 4.69) is 24.9 Å². The van der Waals surface area contributed by atoms with Gasteiger partial charge in [0, 0.05) is 61.9 Å². The number of ether oxygens (including phenoxy) is 3. The van der Waals surface area contributed by atoms with Crippen molar-refractivity contribution in [2.45, 2.75) is 36.8 Å². The van der Waals surface area contributed by atoms with Crippen molar-refractivity contribution in [1.82, 2.24) is 14.9 Å². The van der Waals surface area contributed by atoms with Crippen LogP contribution in [0.3, 0.4) is 0 Å². The molecule has 1 atom stereocenters. The maximum atomic E-state index is 15.9. The third kappa shape index (κ3) is 6.99. The van der Waals surface area contributed by atoms with Crippen LogP contribution in [-0.2, 0) is 24.3 Å². The highest BCUT2D eigenvalue weighted by molar-refractivity contribution is 7.92. The van der Waals surface area contributed by atoms with Crippen LogP contribution in [0, 0.1) is 17.5 Å². The molecule has 254 valence electrons. The van der Waals surface area contributed by atoms with Gasteiger partial charge in [0.25, 0.3) is 10.0 Å². The van der Waals surface area contributed by atoms with Crippen molar-refractivity contribution in [3.8, 4) is 16.9 Å². The molecular weight excluding hydrogens is 675 g/mol. The van der Waals surface area contributed by atoms with Gasteiger partial charge in [-0.2, -0.15) is 0 Å². The Morgan fingerprint density at radius 1 is 1.12 bits per heavy atom. The lowest BCUT2D eigenvalue weighted by Gasteiger charge is -2.32. The number of likely N-dealkylation sites (tertiary alicyclic amines) is 1. The third-order valence-corrected chi connectivity index (χ3v) is 9.75. The fourth-order valence-corrected chi connectivity index (χ4v) is 7.40. The Hall–Kier alpha value is -4.18. The summed E-state index contributed by atoms with van der Waals surface area (Å²) in [5.74, 6) is -3.69. The number of carbonyl (C=O) groups excluding carboxylic acids is 1. The van der Waals surface area contributed by atoms with Crippen molar-refractivity contribution < 1.29 is 40.6 Å². The molecular formula is C32H31ClF3N5O6S. The zero-order valence-corrected chi connectivity index (χ0v) is 27.4. The number of aromatic nitrogens is 2. The number of halogens is 4. The number of hydrogen-bond acceptors (Lipinski definition) is 10. The number of fused-ring (bicyclic) bond motifs is 2. The number of hydrogen-bond donors (Lipinski definition) is 2. The van der Waals surface area contributed by atoms with Crippen LogP contribution in [-0.4, -0.2) is 75.3 Å². The van der Waals surface area contributed by atoms with Crippen molar-refractivity contribution in [3.63, 3.8) is 0 Å². The summed E-state index contributed by atoms with van der Waals surface area (Å²) >= 11 is 6.17. The second-order valence-electron chi connectivity index (χ2n) is 11.5. The molecule has 0 radical (unpaired) electrons. The summed E-state index contributed by atoms with van der Waals surface area (Å²) in [7, 11) is -2.92. The number of piperidine rings is 1. The van der Waals surface area contributed by atoms with Gasteiger partial charge in [0.2, 0.25) is 5.95 Å². The number of rotatable bonds is 10. The summed E-state index contributed by atoms with van der Waals surface area (Å²) in [4.78, 5) is 22.0. The number of methoxy groups -OCH3 is 1. The molecule has 1 saturated heterocycles. The molecule has 4 aromatic rings. The van der Waals surface area contributed by atoms with E-state index < -0.39 is 55.7 Å². The summed E-state index contributed by atoms with van der Waals surface area (Å²) in [5, 5.41) is 3.42. The molecule has 2 N–H and O–H groups in total. The van der Waals surface area contributed by atoms with Crippen LogP contribution < -0.4 is 14.8 Å². The molecule has 0 amide bonds. The molecule has 3 aromatic carbocycles. The van der Waals surface area contributed by atoms with E-state index >= 15 is 13.2 Å². The minimum absolute atomic E-state index is 0.00686. The molecule has 48 heavy (non-hydrogen) atoms. The molecule has 0 saturated carbocycles. The standard InChI is InChI=1S/C32H31ClF3N5O6S/c1-17(42)47-26-16-46-31-22(26)13-20(33)14-27(31)48(43,44)40-25-4-3-23(34)28(29(25)36)18-11-19-15-37-32(39-30(19)24(35)12-18)38-21-5-7-41(8-6-21)9-10-45-2/h3-4,11-15,21,26,40H,5-10,16H2,1-2H3,(H,37,38,39)/t26-/m1/s1. The van der Waals surface area contributed by atoms with Crippen LogP contribution in [0.5, 0.6) is 5.75 Å². The summed E-state index contributed by atoms with van der Waals surface area (Å²) in [5.41, 5.74) is -1.30. The highest BCUT2D eigenvalue weighted by Crippen LogP contribution is 2.43. The first-order valence-electron chi connectivity index (χ1n) is 15.0. The molecule has 1 fully saturated rings. The second kappa shape index (κ2) is 13.7. The molecule has 0 unspecified atom stereocenters. The highest BCUT2D eigenvalue weighted by atomic mass is 35.5. The van der Waals surface area contributed by atoms with Crippen molar-refractivity contribution in [3.05, 3.63) is 70.6 Å². The van der Waals surface area contributed by atoms with Gasteiger partial charge in [0.15, 0.2) is 11.9 Å².